The van der Waals surface area contributed by atoms with Gasteiger partial charge in [0.2, 0.25) is 0 Å². The second kappa shape index (κ2) is 10.0. The summed E-state index contributed by atoms with van der Waals surface area (Å²) in [5.41, 5.74) is 0.291. The van der Waals surface area contributed by atoms with Crippen molar-refractivity contribution in [2.75, 3.05) is 58.4 Å². The standard InChI is InChI=1S/C20H36N4O2S/c1-21-19(23-10-6-17(7-11-23)18(25)26-2)22-16-20(8-4-3-5-9-20)24-12-14-27-15-13-24/h17H,3-16H2,1-2H3,(H,21,22). The van der Waals surface area contributed by atoms with E-state index in [-0.39, 0.29) is 11.9 Å². The van der Waals surface area contributed by atoms with Gasteiger partial charge in [-0.3, -0.25) is 14.7 Å². The average Bonchev–Trinajstić information content (AvgIpc) is 2.75. The number of esters is 1. The molecule has 1 aliphatic carbocycles. The van der Waals surface area contributed by atoms with E-state index in [9.17, 15) is 4.79 Å². The number of carbonyl (C=O) groups excluding carboxylic acids is 1. The van der Waals surface area contributed by atoms with Crippen molar-refractivity contribution >= 4 is 23.7 Å². The molecule has 27 heavy (non-hydrogen) atoms. The topological polar surface area (TPSA) is 57.2 Å². The second-order valence-corrected chi connectivity index (χ2v) is 9.29. The summed E-state index contributed by atoms with van der Waals surface area (Å²) in [5, 5.41) is 3.72. The van der Waals surface area contributed by atoms with Gasteiger partial charge in [-0.25, -0.2) is 0 Å². The van der Waals surface area contributed by atoms with Crippen molar-refractivity contribution in [3.8, 4) is 0 Å². The lowest BCUT2D eigenvalue weighted by atomic mass is 9.80. The van der Waals surface area contributed by atoms with Crippen LogP contribution in [0.1, 0.15) is 44.9 Å². The zero-order valence-corrected chi connectivity index (χ0v) is 17.9. The monoisotopic (exact) mass is 396 g/mol. The molecule has 0 aromatic heterocycles. The Balaban J connectivity index is 1.58. The number of guanidine groups is 1. The Morgan fingerprint density at radius 2 is 1.81 bits per heavy atom. The van der Waals surface area contributed by atoms with Crippen molar-refractivity contribution in [3.63, 3.8) is 0 Å². The average molecular weight is 397 g/mol. The highest BCUT2D eigenvalue weighted by Gasteiger charge is 2.39. The molecule has 154 valence electrons. The van der Waals surface area contributed by atoms with Crippen molar-refractivity contribution < 1.29 is 9.53 Å². The lowest BCUT2D eigenvalue weighted by Crippen LogP contribution is -2.60. The third-order valence-corrected chi connectivity index (χ3v) is 7.53. The van der Waals surface area contributed by atoms with E-state index >= 15 is 0 Å². The first kappa shape index (κ1) is 20.8. The fourth-order valence-corrected chi connectivity index (χ4v) is 5.83. The molecule has 6 nitrogen and oxygen atoms in total. The third-order valence-electron chi connectivity index (χ3n) is 6.58. The Bertz CT molecular complexity index is 508. The molecule has 1 saturated carbocycles. The molecule has 0 radical (unpaired) electrons. The number of nitrogens with one attached hydrogen (secondary N) is 1. The molecule has 2 aliphatic heterocycles. The number of rotatable bonds is 4. The molecule has 3 fully saturated rings. The minimum absolute atomic E-state index is 0.0416. The molecule has 0 spiro atoms. The highest BCUT2D eigenvalue weighted by atomic mass is 32.2. The molecule has 0 atom stereocenters. The summed E-state index contributed by atoms with van der Waals surface area (Å²) >= 11 is 2.09. The maximum absolute atomic E-state index is 11.8. The predicted octanol–water partition coefficient (Wildman–Crippen LogP) is 2.20. The Morgan fingerprint density at radius 1 is 1.15 bits per heavy atom. The van der Waals surface area contributed by atoms with E-state index in [0.29, 0.717) is 5.54 Å². The van der Waals surface area contributed by atoms with Gasteiger partial charge in [-0.05, 0) is 25.7 Å². The fraction of sp³-hybridized carbons (Fsp3) is 0.900. The van der Waals surface area contributed by atoms with Gasteiger partial charge in [-0.1, -0.05) is 19.3 Å². The second-order valence-electron chi connectivity index (χ2n) is 8.07. The Morgan fingerprint density at radius 3 is 2.41 bits per heavy atom. The van der Waals surface area contributed by atoms with Crippen molar-refractivity contribution in [2.45, 2.75) is 50.5 Å². The molecule has 0 aromatic carbocycles. The first-order valence-electron chi connectivity index (χ1n) is 10.5. The van der Waals surface area contributed by atoms with E-state index in [1.165, 1.54) is 63.8 Å². The summed E-state index contributed by atoms with van der Waals surface area (Å²) in [5.74, 6) is 3.49. The van der Waals surface area contributed by atoms with Crippen molar-refractivity contribution in [1.29, 1.82) is 0 Å². The summed E-state index contributed by atoms with van der Waals surface area (Å²) in [4.78, 5) is 21.4. The number of methoxy groups -OCH3 is 1. The van der Waals surface area contributed by atoms with E-state index in [4.69, 9.17) is 4.74 Å². The first-order valence-corrected chi connectivity index (χ1v) is 11.7. The van der Waals surface area contributed by atoms with Gasteiger partial charge in [-0.15, -0.1) is 0 Å². The van der Waals surface area contributed by atoms with E-state index in [1.54, 1.807) is 0 Å². The van der Waals surface area contributed by atoms with Gasteiger partial charge >= 0.3 is 5.97 Å². The van der Waals surface area contributed by atoms with Crippen LogP contribution >= 0.6 is 11.8 Å². The smallest absolute Gasteiger partial charge is 0.308 e. The summed E-state index contributed by atoms with van der Waals surface area (Å²) in [7, 11) is 3.36. The fourth-order valence-electron chi connectivity index (χ4n) is 4.92. The number of hydrogen-bond acceptors (Lipinski definition) is 5. The summed E-state index contributed by atoms with van der Waals surface area (Å²) < 4.78 is 4.91. The zero-order chi connectivity index (χ0) is 19.1. The first-order chi connectivity index (χ1) is 13.2. The molecule has 2 saturated heterocycles. The number of likely N-dealkylation sites (tertiary alicyclic amines) is 1. The van der Waals surface area contributed by atoms with Crippen LogP contribution in [-0.4, -0.2) is 85.7 Å². The summed E-state index contributed by atoms with van der Waals surface area (Å²) in [6.45, 7) is 5.16. The number of thioether (sulfide) groups is 1. The molecule has 1 N–H and O–H groups in total. The molecular formula is C20H36N4O2S. The maximum atomic E-state index is 11.8. The quantitative estimate of drug-likeness (QED) is 0.447. The third kappa shape index (κ3) is 5.11. The number of hydrogen-bond donors (Lipinski definition) is 1. The molecule has 3 rings (SSSR count). The molecular weight excluding hydrogens is 360 g/mol. The van der Waals surface area contributed by atoms with Gasteiger partial charge < -0.3 is 15.0 Å². The largest absolute Gasteiger partial charge is 0.469 e. The molecule has 0 bridgehead atoms. The van der Waals surface area contributed by atoms with E-state index in [2.05, 4.69) is 31.9 Å². The molecule has 3 aliphatic rings. The van der Waals surface area contributed by atoms with Gasteiger partial charge in [-0.2, -0.15) is 11.8 Å². The number of carbonyl (C=O) groups is 1. The summed E-state index contributed by atoms with van der Waals surface area (Å²) in [6.07, 6.45) is 8.35. The number of nitrogens with zero attached hydrogens (tertiary/aromatic N) is 3. The lowest BCUT2D eigenvalue weighted by molar-refractivity contribution is -0.146. The van der Waals surface area contributed by atoms with Gasteiger partial charge in [0.1, 0.15) is 0 Å². The van der Waals surface area contributed by atoms with Crippen molar-refractivity contribution in [3.05, 3.63) is 0 Å². The van der Waals surface area contributed by atoms with E-state index in [0.717, 1.165) is 38.4 Å². The summed E-state index contributed by atoms with van der Waals surface area (Å²) in [6, 6.07) is 0. The van der Waals surface area contributed by atoms with Crippen LogP contribution in [0.25, 0.3) is 0 Å². The Hall–Kier alpha value is -0.950. The molecule has 7 heteroatoms. The normalized spacial score (nSPS) is 25.3. The van der Waals surface area contributed by atoms with Crippen molar-refractivity contribution in [1.82, 2.24) is 15.1 Å². The maximum Gasteiger partial charge on any atom is 0.308 e. The van der Waals surface area contributed by atoms with E-state index < -0.39 is 0 Å². The molecule has 0 amide bonds. The SMILES string of the molecule is CN=C(NCC1(N2CCSCC2)CCCCC1)N1CCC(C(=O)OC)CC1. The van der Waals surface area contributed by atoms with Crippen LogP contribution in [0.5, 0.6) is 0 Å². The van der Waals surface area contributed by atoms with Gasteiger partial charge in [0.05, 0.1) is 13.0 Å². The van der Waals surface area contributed by atoms with Crippen LogP contribution < -0.4 is 5.32 Å². The highest BCUT2D eigenvalue weighted by Crippen LogP contribution is 2.35. The minimum atomic E-state index is -0.0678. The van der Waals surface area contributed by atoms with Gasteiger partial charge in [0.25, 0.3) is 0 Å². The van der Waals surface area contributed by atoms with Crippen LogP contribution in [0, 0.1) is 5.92 Å². The van der Waals surface area contributed by atoms with Crippen LogP contribution in [0.15, 0.2) is 4.99 Å². The van der Waals surface area contributed by atoms with Crippen LogP contribution in [0.4, 0.5) is 0 Å². The minimum Gasteiger partial charge on any atom is -0.469 e. The van der Waals surface area contributed by atoms with E-state index in [1.807, 2.05) is 7.05 Å². The molecule has 2 heterocycles. The predicted molar refractivity (Wildman–Crippen MR) is 112 cm³/mol. The van der Waals surface area contributed by atoms with Crippen molar-refractivity contribution in [2.24, 2.45) is 10.9 Å². The zero-order valence-electron chi connectivity index (χ0n) is 17.0. The van der Waals surface area contributed by atoms with Crippen LogP contribution in [0.2, 0.25) is 0 Å². The molecule has 0 aromatic rings. The van der Waals surface area contributed by atoms with Gasteiger partial charge in [0, 0.05) is 56.8 Å². The van der Waals surface area contributed by atoms with Crippen LogP contribution in [0.3, 0.4) is 0 Å². The van der Waals surface area contributed by atoms with Gasteiger partial charge in [0.15, 0.2) is 5.96 Å². The van der Waals surface area contributed by atoms with Crippen LogP contribution in [-0.2, 0) is 9.53 Å². The number of piperidine rings is 1. The Kier molecular flexibility index (Phi) is 7.70. The Labute approximate surface area is 168 Å². The number of aliphatic imine (C=N–C) groups is 1. The lowest BCUT2D eigenvalue weighted by Gasteiger charge is -2.48. The highest BCUT2D eigenvalue weighted by molar-refractivity contribution is 7.99. The number of ether oxygens (including phenoxy) is 1. The molecule has 0 unspecified atom stereocenters.